The van der Waals surface area contributed by atoms with E-state index in [0.717, 1.165) is 59.2 Å². The van der Waals surface area contributed by atoms with Gasteiger partial charge in [0.25, 0.3) is 5.91 Å². The topological polar surface area (TPSA) is 80.2 Å². The van der Waals surface area contributed by atoms with Crippen molar-refractivity contribution in [2.75, 3.05) is 12.4 Å². The maximum Gasteiger partial charge on any atom is 1.00 e. The number of aromatic nitrogens is 3. The predicted octanol–water partition coefficient (Wildman–Crippen LogP) is 3.98. The van der Waals surface area contributed by atoms with Gasteiger partial charge in [-0.2, -0.15) is 12.8 Å². The number of halogens is 1. The summed E-state index contributed by atoms with van der Waals surface area (Å²) in [6, 6.07) is 11.6. The maximum atomic E-state index is 15.1. The largest absolute Gasteiger partial charge is 1.00 e. The van der Waals surface area contributed by atoms with Gasteiger partial charge in [0.1, 0.15) is 17.3 Å². The van der Waals surface area contributed by atoms with Crippen LogP contribution in [0.15, 0.2) is 48.8 Å². The summed E-state index contributed by atoms with van der Waals surface area (Å²) < 4.78 is 20.4. The average Bonchev–Trinajstić information content (AvgIpc) is 3.65. The number of benzene rings is 1. The molecule has 4 aromatic rings. The number of pyridine rings is 1. The molecule has 0 atom stereocenters. The Morgan fingerprint density at radius 1 is 1.12 bits per heavy atom. The molecule has 6 rings (SSSR count). The van der Waals surface area contributed by atoms with Gasteiger partial charge >= 0.3 is 29.6 Å². The van der Waals surface area contributed by atoms with Gasteiger partial charge in [0, 0.05) is 17.6 Å². The summed E-state index contributed by atoms with van der Waals surface area (Å²) in [5, 5.41) is 3.08. The van der Waals surface area contributed by atoms with Crippen LogP contribution in [0, 0.1) is 26.6 Å². The second-order valence-corrected chi connectivity index (χ2v) is 11.3. The SMILES string of the molecule is [CH2-]CC(C[CH2-])c1ccc(Nc2ncc(F)c(-c3sc4c(c3C)C(=O)N(Cc3ccc(OC)cc3)C43CC3)n2)nc1.[Na+]. The molecular weight excluding hydrogens is 548 g/mol. The van der Waals surface area contributed by atoms with E-state index in [4.69, 9.17) is 4.74 Å². The van der Waals surface area contributed by atoms with E-state index in [2.05, 4.69) is 34.1 Å². The minimum absolute atomic E-state index is 0. The van der Waals surface area contributed by atoms with E-state index in [1.165, 1.54) is 11.3 Å². The fraction of sp³-hybridized carbons (Fsp3) is 0.290. The van der Waals surface area contributed by atoms with Crippen molar-refractivity contribution in [3.63, 3.8) is 0 Å². The fourth-order valence-electron chi connectivity index (χ4n) is 5.43. The van der Waals surface area contributed by atoms with Crippen molar-refractivity contribution in [2.24, 2.45) is 0 Å². The van der Waals surface area contributed by atoms with Gasteiger partial charge < -0.3 is 28.8 Å². The van der Waals surface area contributed by atoms with Crippen LogP contribution in [0.1, 0.15) is 63.5 Å². The number of amides is 1. The monoisotopic (exact) mass is 578 g/mol. The summed E-state index contributed by atoms with van der Waals surface area (Å²) in [4.78, 5) is 30.5. The van der Waals surface area contributed by atoms with Crippen molar-refractivity contribution in [2.45, 2.75) is 50.6 Å². The van der Waals surface area contributed by atoms with Crippen LogP contribution < -0.4 is 39.6 Å². The van der Waals surface area contributed by atoms with Crippen molar-refractivity contribution < 1.29 is 43.5 Å². The van der Waals surface area contributed by atoms with E-state index >= 15 is 4.39 Å². The molecule has 0 unspecified atom stereocenters. The Kier molecular flexibility index (Phi) is 8.53. The Morgan fingerprint density at radius 3 is 2.46 bits per heavy atom. The van der Waals surface area contributed by atoms with Crippen molar-refractivity contribution in [3.05, 3.63) is 95.6 Å². The first-order chi connectivity index (χ1) is 19.4. The molecular formula is C31H30FN5NaO2S-. The zero-order valence-electron chi connectivity index (χ0n) is 23.5. The van der Waals surface area contributed by atoms with Crippen molar-refractivity contribution in [3.8, 4) is 16.3 Å². The molecule has 206 valence electrons. The van der Waals surface area contributed by atoms with Gasteiger partial charge in [-0.1, -0.05) is 24.1 Å². The number of nitrogens with one attached hydrogen (secondary N) is 1. The molecule has 1 aliphatic carbocycles. The maximum absolute atomic E-state index is 15.1. The first-order valence-corrected chi connectivity index (χ1v) is 14.1. The second kappa shape index (κ2) is 11.8. The van der Waals surface area contributed by atoms with Gasteiger partial charge in [0.2, 0.25) is 5.95 Å². The molecule has 1 fully saturated rings. The Labute approximate surface area is 265 Å². The second-order valence-electron chi connectivity index (χ2n) is 10.3. The van der Waals surface area contributed by atoms with Gasteiger partial charge in [-0.25, -0.2) is 19.3 Å². The van der Waals surface area contributed by atoms with Crippen molar-refractivity contribution in [1.82, 2.24) is 19.9 Å². The summed E-state index contributed by atoms with van der Waals surface area (Å²) in [5.41, 5.74) is 3.41. The minimum Gasteiger partial charge on any atom is -0.497 e. The number of nitrogens with zero attached hydrogens (tertiary/aromatic N) is 4. The third kappa shape index (κ3) is 5.29. The fourth-order valence-corrected chi connectivity index (χ4v) is 6.97. The number of methoxy groups -OCH3 is 1. The third-order valence-electron chi connectivity index (χ3n) is 7.92. The molecule has 2 aliphatic rings. The molecule has 0 saturated heterocycles. The van der Waals surface area contributed by atoms with E-state index in [9.17, 15) is 4.79 Å². The first kappa shape index (κ1) is 29.6. The predicted molar refractivity (Wildman–Crippen MR) is 154 cm³/mol. The van der Waals surface area contributed by atoms with E-state index in [1.807, 2.05) is 48.2 Å². The van der Waals surface area contributed by atoms with Crippen LogP contribution in [0.2, 0.25) is 0 Å². The molecule has 1 spiro atoms. The zero-order valence-corrected chi connectivity index (χ0v) is 26.4. The number of anilines is 2. The van der Waals surface area contributed by atoms with Gasteiger partial charge in [-0.15, -0.1) is 11.3 Å². The number of hydrogen-bond donors (Lipinski definition) is 1. The molecule has 3 aromatic heterocycles. The van der Waals surface area contributed by atoms with Crippen LogP contribution in [0.5, 0.6) is 5.75 Å². The van der Waals surface area contributed by atoms with Crippen LogP contribution in [0.25, 0.3) is 10.6 Å². The number of carbonyl (C=O) groups is 1. The Balaban J connectivity index is 0.00000337. The summed E-state index contributed by atoms with van der Waals surface area (Å²) in [6.07, 6.45) is 6.23. The van der Waals surface area contributed by atoms with Crippen molar-refractivity contribution in [1.29, 1.82) is 0 Å². The Bertz CT molecular complexity index is 1570. The number of rotatable bonds is 9. The minimum atomic E-state index is -0.530. The number of hydrogen-bond acceptors (Lipinski definition) is 7. The summed E-state index contributed by atoms with van der Waals surface area (Å²) in [5.74, 6) is 1.29. The number of fused-ring (bicyclic) bond motifs is 2. The Morgan fingerprint density at radius 2 is 1.85 bits per heavy atom. The van der Waals surface area contributed by atoms with Crippen LogP contribution in [0.3, 0.4) is 0 Å². The van der Waals surface area contributed by atoms with Gasteiger partial charge in [0.05, 0.1) is 29.3 Å². The molecule has 7 nitrogen and oxygen atoms in total. The quantitative estimate of drug-likeness (QED) is 0.239. The smallest absolute Gasteiger partial charge is 0.497 e. The molecule has 41 heavy (non-hydrogen) atoms. The molecule has 1 N–H and O–H groups in total. The molecule has 10 heteroatoms. The molecule has 0 radical (unpaired) electrons. The van der Waals surface area contributed by atoms with E-state index in [0.29, 0.717) is 22.8 Å². The summed E-state index contributed by atoms with van der Waals surface area (Å²) >= 11 is 1.47. The first-order valence-electron chi connectivity index (χ1n) is 13.3. The van der Waals surface area contributed by atoms with Crippen LogP contribution in [-0.4, -0.2) is 32.9 Å². The summed E-state index contributed by atoms with van der Waals surface area (Å²) in [7, 11) is 1.63. The molecule has 1 aliphatic heterocycles. The van der Waals surface area contributed by atoms with E-state index < -0.39 is 5.82 Å². The zero-order chi connectivity index (χ0) is 28.0. The Hall–Kier alpha value is -2.85. The molecule has 1 saturated carbocycles. The summed E-state index contributed by atoms with van der Waals surface area (Å²) in [6.45, 7) is 10.4. The van der Waals surface area contributed by atoms with Crippen LogP contribution in [0.4, 0.5) is 16.2 Å². The van der Waals surface area contributed by atoms with Gasteiger partial charge in [-0.3, -0.25) is 4.79 Å². The van der Waals surface area contributed by atoms with Crippen LogP contribution in [-0.2, 0) is 12.1 Å². The molecule has 1 aromatic carbocycles. The van der Waals surface area contributed by atoms with Crippen molar-refractivity contribution >= 4 is 29.0 Å². The molecule has 1 amide bonds. The standard InChI is InChI=1S/C31H30FN5O2S.Na/c1-5-20(6-2)21-9-12-24(33-15-21)35-30-34-16-23(32)26(36-30)27-18(3)25-28(40-27)31(13-14-31)37(29(25)38)17-19-7-10-22(39-4)11-8-19;/h7-12,15-16,20H,1-2,5-6,13-14,17H2,3-4H3,(H,33,34,35,36);/q-2;+1. The third-order valence-corrected chi connectivity index (χ3v) is 9.41. The number of thiophene rings is 1. The van der Waals surface area contributed by atoms with E-state index in [-0.39, 0.29) is 58.6 Å². The molecule has 4 heterocycles. The van der Waals surface area contributed by atoms with Gasteiger partial charge in [-0.05, 0) is 54.7 Å². The van der Waals surface area contributed by atoms with Gasteiger partial charge in [0.15, 0.2) is 5.82 Å². The number of carbonyl (C=O) groups excluding carboxylic acids is 1. The molecule has 0 bridgehead atoms. The normalized spacial score (nSPS) is 14.8. The van der Waals surface area contributed by atoms with Crippen LogP contribution >= 0.6 is 11.3 Å². The average molecular weight is 579 g/mol. The number of ether oxygens (including phenoxy) is 1. The van der Waals surface area contributed by atoms with E-state index in [1.54, 1.807) is 13.3 Å².